The summed E-state index contributed by atoms with van der Waals surface area (Å²) in [5.74, 6) is 3.29. The first-order valence-corrected chi connectivity index (χ1v) is 8.62. The smallest absolute Gasteiger partial charge is 0.223 e. The van der Waals surface area contributed by atoms with E-state index >= 15 is 0 Å². The number of amides is 1. The molecule has 0 spiro atoms. The van der Waals surface area contributed by atoms with Gasteiger partial charge in [0.25, 0.3) is 0 Å². The topological polar surface area (TPSA) is 55.1 Å². The van der Waals surface area contributed by atoms with Gasteiger partial charge in [-0.3, -0.25) is 4.79 Å². The van der Waals surface area contributed by atoms with E-state index in [4.69, 9.17) is 5.73 Å². The predicted molar refractivity (Wildman–Crippen MR) is 81.0 cm³/mol. The van der Waals surface area contributed by atoms with E-state index in [1.165, 1.54) is 25.7 Å². The molecule has 3 rings (SSSR count). The van der Waals surface area contributed by atoms with Crippen molar-refractivity contribution in [2.45, 2.75) is 70.9 Å². The summed E-state index contributed by atoms with van der Waals surface area (Å²) >= 11 is 0. The normalized spacial score (nSPS) is 45.4. The number of carbonyl (C=O) groups is 1. The van der Waals surface area contributed by atoms with E-state index in [-0.39, 0.29) is 17.9 Å². The molecule has 114 valence electrons. The van der Waals surface area contributed by atoms with Gasteiger partial charge >= 0.3 is 0 Å². The van der Waals surface area contributed by atoms with Crippen molar-refractivity contribution in [2.75, 3.05) is 0 Å². The van der Waals surface area contributed by atoms with Crippen molar-refractivity contribution in [3.63, 3.8) is 0 Å². The number of fused-ring (bicyclic) bond motifs is 2. The maximum absolute atomic E-state index is 12.6. The molecule has 0 aromatic heterocycles. The van der Waals surface area contributed by atoms with Gasteiger partial charge in [-0.2, -0.15) is 0 Å². The Hall–Kier alpha value is -0.570. The zero-order valence-corrected chi connectivity index (χ0v) is 13.0. The molecule has 1 amide bonds. The third-order valence-corrected chi connectivity index (χ3v) is 6.50. The molecule has 7 unspecified atom stereocenters. The maximum atomic E-state index is 12.6. The Bertz CT molecular complexity index is 370. The predicted octanol–water partition coefficient (Wildman–Crippen LogP) is 2.69. The standard InChI is InChI=1S/C17H30N2O/c1-10-14(4-3-5-16(10)18)17(20)19-11(2)15-9-12-6-7-13(15)8-12/h10-16H,3-9,18H2,1-2H3,(H,19,20). The monoisotopic (exact) mass is 278 g/mol. The van der Waals surface area contributed by atoms with Crippen LogP contribution < -0.4 is 11.1 Å². The highest BCUT2D eigenvalue weighted by molar-refractivity contribution is 5.79. The summed E-state index contributed by atoms with van der Waals surface area (Å²) in [7, 11) is 0. The van der Waals surface area contributed by atoms with Crippen molar-refractivity contribution in [1.29, 1.82) is 0 Å². The van der Waals surface area contributed by atoms with Crippen LogP contribution in [0.25, 0.3) is 0 Å². The van der Waals surface area contributed by atoms with Crippen LogP contribution in [0.5, 0.6) is 0 Å². The van der Waals surface area contributed by atoms with Gasteiger partial charge in [-0.1, -0.05) is 19.8 Å². The first-order chi connectivity index (χ1) is 9.56. The van der Waals surface area contributed by atoms with Crippen molar-refractivity contribution >= 4 is 5.91 Å². The van der Waals surface area contributed by atoms with Crippen molar-refractivity contribution in [3.8, 4) is 0 Å². The Morgan fingerprint density at radius 2 is 2.00 bits per heavy atom. The second-order valence-corrected chi connectivity index (χ2v) is 7.70. The Morgan fingerprint density at radius 3 is 2.65 bits per heavy atom. The van der Waals surface area contributed by atoms with Crippen LogP contribution in [0, 0.1) is 29.6 Å². The summed E-state index contributed by atoms with van der Waals surface area (Å²) in [5.41, 5.74) is 6.13. The van der Waals surface area contributed by atoms with Crippen LogP contribution >= 0.6 is 0 Å². The molecule has 0 saturated heterocycles. The van der Waals surface area contributed by atoms with Crippen LogP contribution in [0.4, 0.5) is 0 Å². The third kappa shape index (κ3) is 2.61. The second-order valence-electron chi connectivity index (χ2n) is 7.70. The average molecular weight is 278 g/mol. The minimum Gasteiger partial charge on any atom is -0.353 e. The summed E-state index contributed by atoms with van der Waals surface area (Å²) < 4.78 is 0. The van der Waals surface area contributed by atoms with Crippen LogP contribution in [-0.4, -0.2) is 18.0 Å². The van der Waals surface area contributed by atoms with Crippen LogP contribution in [0.2, 0.25) is 0 Å². The van der Waals surface area contributed by atoms with Crippen LogP contribution in [-0.2, 0) is 4.79 Å². The highest BCUT2D eigenvalue weighted by Crippen LogP contribution is 2.49. The van der Waals surface area contributed by atoms with E-state index in [1.54, 1.807) is 0 Å². The number of hydrogen-bond donors (Lipinski definition) is 2. The Labute approximate surface area is 123 Å². The minimum atomic E-state index is 0.139. The molecule has 3 aliphatic carbocycles. The molecule has 3 heteroatoms. The fraction of sp³-hybridized carbons (Fsp3) is 0.941. The van der Waals surface area contributed by atoms with Gasteiger partial charge in [-0.25, -0.2) is 0 Å². The molecular formula is C17H30N2O. The van der Waals surface area contributed by atoms with Crippen molar-refractivity contribution < 1.29 is 4.79 Å². The van der Waals surface area contributed by atoms with Gasteiger partial charge in [0.15, 0.2) is 0 Å². The number of nitrogens with one attached hydrogen (secondary N) is 1. The van der Waals surface area contributed by atoms with Gasteiger partial charge in [0, 0.05) is 18.0 Å². The lowest BCUT2D eigenvalue weighted by Crippen LogP contribution is -2.48. The van der Waals surface area contributed by atoms with Gasteiger partial charge in [0.05, 0.1) is 0 Å². The van der Waals surface area contributed by atoms with E-state index in [1.807, 2.05) is 0 Å². The third-order valence-electron chi connectivity index (χ3n) is 6.50. The van der Waals surface area contributed by atoms with Gasteiger partial charge in [-0.05, 0) is 62.7 Å². The van der Waals surface area contributed by atoms with E-state index < -0.39 is 0 Å². The van der Waals surface area contributed by atoms with Crippen molar-refractivity contribution in [1.82, 2.24) is 5.32 Å². The summed E-state index contributed by atoms with van der Waals surface area (Å²) in [6.45, 7) is 4.37. The zero-order chi connectivity index (χ0) is 14.3. The van der Waals surface area contributed by atoms with Gasteiger partial charge < -0.3 is 11.1 Å². The fourth-order valence-corrected chi connectivity index (χ4v) is 5.11. The lowest BCUT2D eigenvalue weighted by Gasteiger charge is -2.35. The first kappa shape index (κ1) is 14.4. The number of nitrogens with two attached hydrogens (primary N) is 1. The molecule has 20 heavy (non-hydrogen) atoms. The molecule has 3 aliphatic rings. The lowest BCUT2D eigenvalue weighted by molar-refractivity contribution is -0.129. The largest absolute Gasteiger partial charge is 0.353 e. The highest BCUT2D eigenvalue weighted by Gasteiger charge is 2.43. The Kier molecular flexibility index (Phi) is 4.07. The van der Waals surface area contributed by atoms with Crippen molar-refractivity contribution in [3.05, 3.63) is 0 Å². The zero-order valence-electron chi connectivity index (χ0n) is 13.0. The second kappa shape index (κ2) is 5.67. The Balaban J connectivity index is 1.55. The minimum absolute atomic E-state index is 0.139. The molecule has 0 radical (unpaired) electrons. The summed E-state index contributed by atoms with van der Waals surface area (Å²) in [6.07, 6.45) is 8.77. The van der Waals surface area contributed by atoms with E-state index in [0.29, 0.717) is 12.0 Å². The molecule has 0 aromatic carbocycles. The highest BCUT2D eigenvalue weighted by atomic mass is 16.2. The SMILES string of the molecule is CC(NC(=O)C1CCCC(N)C1C)C1CC2CCC1C2. The molecule has 0 aromatic rings. The van der Waals surface area contributed by atoms with E-state index in [0.717, 1.165) is 37.0 Å². The molecule has 3 saturated carbocycles. The molecule has 0 aliphatic heterocycles. The maximum Gasteiger partial charge on any atom is 0.223 e. The molecular weight excluding hydrogens is 248 g/mol. The van der Waals surface area contributed by atoms with E-state index in [9.17, 15) is 4.79 Å². The van der Waals surface area contributed by atoms with Crippen LogP contribution in [0.15, 0.2) is 0 Å². The summed E-state index contributed by atoms with van der Waals surface area (Å²) in [6, 6.07) is 0.556. The molecule has 3 nitrogen and oxygen atoms in total. The van der Waals surface area contributed by atoms with Gasteiger partial charge in [0.2, 0.25) is 5.91 Å². The summed E-state index contributed by atoms with van der Waals surface area (Å²) in [5, 5.41) is 3.33. The quantitative estimate of drug-likeness (QED) is 0.834. The lowest BCUT2D eigenvalue weighted by atomic mass is 9.76. The molecule has 0 heterocycles. The summed E-state index contributed by atoms with van der Waals surface area (Å²) in [4.78, 5) is 12.6. The van der Waals surface area contributed by atoms with Gasteiger partial charge in [-0.15, -0.1) is 0 Å². The van der Waals surface area contributed by atoms with Crippen LogP contribution in [0.3, 0.4) is 0 Å². The van der Waals surface area contributed by atoms with E-state index in [2.05, 4.69) is 19.2 Å². The average Bonchev–Trinajstić information content (AvgIpc) is 3.04. The van der Waals surface area contributed by atoms with Crippen molar-refractivity contribution in [2.24, 2.45) is 35.3 Å². The first-order valence-electron chi connectivity index (χ1n) is 8.62. The molecule has 2 bridgehead atoms. The molecule has 3 N–H and O–H groups in total. The number of carbonyl (C=O) groups excluding carboxylic acids is 1. The number of rotatable bonds is 3. The molecule has 3 fully saturated rings. The fourth-order valence-electron chi connectivity index (χ4n) is 5.11. The van der Waals surface area contributed by atoms with Gasteiger partial charge in [0.1, 0.15) is 0 Å². The molecule has 7 atom stereocenters. The Morgan fingerprint density at radius 1 is 1.20 bits per heavy atom. The number of hydrogen-bond acceptors (Lipinski definition) is 2. The van der Waals surface area contributed by atoms with Crippen LogP contribution in [0.1, 0.15) is 58.8 Å².